The molecule has 0 amide bonds. The van der Waals surface area contributed by atoms with Crippen molar-refractivity contribution in [1.29, 1.82) is 0 Å². The molecule has 0 atom stereocenters. The second kappa shape index (κ2) is 11.6. The van der Waals surface area contributed by atoms with E-state index in [0.717, 1.165) is 41.8 Å². The second-order valence-electron chi connectivity index (χ2n) is 13.1. The molecule has 45 heavy (non-hydrogen) atoms. The van der Waals surface area contributed by atoms with Gasteiger partial charge in [-0.3, -0.25) is 9.59 Å². The van der Waals surface area contributed by atoms with Crippen molar-refractivity contribution in [2.24, 2.45) is 5.41 Å². The highest BCUT2D eigenvalue weighted by atomic mass is 16.5. The molecule has 4 aromatic rings. The Morgan fingerprint density at radius 1 is 0.844 bits per heavy atom. The summed E-state index contributed by atoms with van der Waals surface area (Å²) in [6, 6.07) is 23.8. The van der Waals surface area contributed by atoms with Crippen LogP contribution in [0.15, 0.2) is 66.7 Å². The molecule has 0 spiro atoms. The minimum Gasteiger partial charge on any atom is -0.468 e. The van der Waals surface area contributed by atoms with Crippen LogP contribution in [0.4, 0.5) is 11.4 Å². The van der Waals surface area contributed by atoms with Gasteiger partial charge >= 0.3 is 18.9 Å². The summed E-state index contributed by atoms with van der Waals surface area (Å²) in [6.45, 7) is 5.02. The van der Waals surface area contributed by atoms with Crippen LogP contribution in [0, 0.1) is 19.3 Å². The minimum atomic E-state index is -1.37. The zero-order valence-corrected chi connectivity index (χ0v) is 26.7. The number of carbonyl (C=O) groups is 2. The second-order valence-corrected chi connectivity index (χ2v) is 13.1. The summed E-state index contributed by atoms with van der Waals surface area (Å²) in [5.41, 5.74) is 9.45. The van der Waals surface area contributed by atoms with E-state index in [-0.39, 0.29) is 13.4 Å². The van der Waals surface area contributed by atoms with Gasteiger partial charge in [0.05, 0.1) is 14.2 Å². The van der Waals surface area contributed by atoms with Crippen molar-refractivity contribution in [2.75, 3.05) is 24.3 Å². The van der Waals surface area contributed by atoms with Crippen LogP contribution in [0.2, 0.25) is 0 Å². The first-order chi connectivity index (χ1) is 21.9. The molecule has 7 heteroatoms. The fourth-order valence-electron chi connectivity index (χ4n) is 8.59. The normalized spacial score (nSPS) is 17.2. The van der Waals surface area contributed by atoms with Crippen LogP contribution < -0.4 is 15.5 Å². The van der Waals surface area contributed by atoms with Crippen LogP contribution in [-0.4, -0.2) is 33.1 Å². The SMILES string of the molecule is COC(=O)C1(C(=O)OC)Cc2c(C)c(B3Nc4cccc5cccc(c45)N3Cc3ccccc3)c(C3CCCCC3)c(C)c2C1. The van der Waals surface area contributed by atoms with E-state index >= 15 is 0 Å². The van der Waals surface area contributed by atoms with Crippen molar-refractivity contribution >= 4 is 46.5 Å². The number of fused-ring (bicyclic) bond motifs is 1. The molecule has 0 bridgehead atoms. The van der Waals surface area contributed by atoms with Gasteiger partial charge in [-0.05, 0) is 89.0 Å². The average Bonchev–Trinajstić information content (AvgIpc) is 3.51. The Balaban J connectivity index is 1.47. The van der Waals surface area contributed by atoms with E-state index in [1.165, 1.54) is 72.1 Å². The maximum atomic E-state index is 13.4. The van der Waals surface area contributed by atoms with E-state index in [0.29, 0.717) is 12.3 Å². The number of nitrogens with one attached hydrogen (secondary N) is 1. The van der Waals surface area contributed by atoms with Gasteiger partial charge in [-0.1, -0.05) is 73.9 Å². The first kappa shape index (κ1) is 29.5. The average molecular weight is 601 g/mol. The Labute approximate surface area is 266 Å². The third kappa shape index (κ3) is 4.70. The summed E-state index contributed by atoms with van der Waals surface area (Å²) in [6.07, 6.45) is 6.56. The molecule has 0 saturated heterocycles. The highest BCUT2D eigenvalue weighted by molar-refractivity contribution is 6.81. The molecule has 1 N–H and O–H groups in total. The number of anilines is 2. The van der Waals surface area contributed by atoms with E-state index in [2.05, 4.69) is 90.6 Å². The molecule has 4 aromatic carbocycles. The number of hydrogen-bond donors (Lipinski definition) is 1. The van der Waals surface area contributed by atoms with Gasteiger partial charge in [0.25, 0.3) is 0 Å². The molecule has 1 aliphatic heterocycles. The molecule has 6 nitrogen and oxygen atoms in total. The standard InChI is InChI=1S/C38H41BN2O4/c1-24-29-21-38(36(42)44-3,37(43)45-4)22-30(29)25(2)35(33(24)27-15-9-6-10-16-27)39-40-31-19-11-17-28-18-12-20-32(34(28)31)41(39)23-26-13-7-5-8-14-26/h5,7-8,11-14,17-20,27,40H,6,9-10,15-16,21-23H2,1-4H3. The fourth-order valence-corrected chi connectivity index (χ4v) is 8.59. The van der Waals surface area contributed by atoms with Crippen LogP contribution >= 0.6 is 0 Å². The Morgan fingerprint density at radius 2 is 1.49 bits per heavy atom. The highest BCUT2D eigenvalue weighted by Crippen LogP contribution is 2.46. The number of hydrogen-bond acceptors (Lipinski definition) is 6. The number of nitrogens with zero attached hydrogens (tertiary/aromatic N) is 1. The molecule has 0 aromatic heterocycles. The summed E-state index contributed by atoms with van der Waals surface area (Å²) in [5, 5.41) is 6.46. The third-order valence-electron chi connectivity index (χ3n) is 10.8. The molecular formula is C38H41BN2O4. The van der Waals surface area contributed by atoms with Crippen molar-refractivity contribution in [3.63, 3.8) is 0 Å². The topological polar surface area (TPSA) is 67.9 Å². The first-order valence-electron chi connectivity index (χ1n) is 16.3. The van der Waals surface area contributed by atoms with Gasteiger partial charge in [0.2, 0.25) is 0 Å². The lowest BCUT2D eigenvalue weighted by Crippen LogP contribution is -2.58. The zero-order chi connectivity index (χ0) is 31.3. The minimum absolute atomic E-state index is 0.141. The van der Waals surface area contributed by atoms with Crippen molar-refractivity contribution in [1.82, 2.24) is 0 Å². The number of rotatable bonds is 6. The summed E-state index contributed by atoms with van der Waals surface area (Å²) in [5.74, 6) is -0.628. The molecule has 3 aliphatic rings. The zero-order valence-electron chi connectivity index (χ0n) is 26.7. The van der Waals surface area contributed by atoms with Crippen molar-refractivity contribution in [3.05, 3.63) is 100 Å². The predicted octanol–water partition coefficient (Wildman–Crippen LogP) is 6.76. The first-order valence-corrected chi connectivity index (χ1v) is 16.3. The van der Waals surface area contributed by atoms with Crippen LogP contribution in [0.5, 0.6) is 0 Å². The number of carbonyl (C=O) groups excluding carboxylic acids is 2. The summed E-state index contributed by atoms with van der Waals surface area (Å²) in [7, 11) is 2.72. The Bertz CT molecular complexity index is 1780. The highest BCUT2D eigenvalue weighted by Gasteiger charge is 2.54. The van der Waals surface area contributed by atoms with Crippen molar-refractivity contribution in [3.8, 4) is 0 Å². The quantitative estimate of drug-likeness (QED) is 0.150. The van der Waals surface area contributed by atoms with Gasteiger partial charge < -0.3 is 19.5 Å². The summed E-state index contributed by atoms with van der Waals surface area (Å²) in [4.78, 5) is 29.2. The number of methoxy groups -OCH3 is 2. The maximum Gasteiger partial charge on any atom is 0.409 e. The van der Waals surface area contributed by atoms with Crippen molar-refractivity contribution in [2.45, 2.75) is 71.3 Å². The molecule has 1 heterocycles. The number of ether oxygens (including phenoxy) is 2. The fraction of sp³-hybridized carbons (Fsp3) is 0.368. The van der Waals surface area contributed by atoms with Crippen LogP contribution in [-0.2, 0) is 38.4 Å². The monoisotopic (exact) mass is 600 g/mol. The van der Waals surface area contributed by atoms with Gasteiger partial charge in [-0.2, -0.15) is 0 Å². The van der Waals surface area contributed by atoms with Crippen molar-refractivity contribution < 1.29 is 19.1 Å². The molecule has 2 aliphatic carbocycles. The largest absolute Gasteiger partial charge is 0.468 e. The van der Waals surface area contributed by atoms with E-state index in [1.807, 2.05) is 0 Å². The van der Waals surface area contributed by atoms with Crippen LogP contribution in [0.1, 0.15) is 71.4 Å². The van der Waals surface area contributed by atoms with Gasteiger partial charge in [0.1, 0.15) is 0 Å². The van der Waals surface area contributed by atoms with Gasteiger partial charge in [-0.25, -0.2) is 0 Å². The Kier molecular flexibility index (Phi) is 7.59. The molecule has 1 saturated carbocycles. The van der Waals surface area contributed by atoms with E-state index in [4.69, 9.17) is 9.47 Å². The Morgan fingerprint density at radius 3 is 2.16 bits per heavy atom. The van der Waals surface area contributed by atoms with Gasteiger partial charge in [0.15, 0.2) is 5.41 Å². The van der Waals surface area contributed by atoms with Crippen LogP contribution in [0.25, 0.3) is 10.8 Å². The van der Waals surface area contributed by atoms with E-state index < -0.39 is 17.4 Å². The lowest BCUT2D eigenvalue weighted by atomic mass is 9.56. The molecule has 1 fully saturated rings. The lowest BCUT2D eigenvalue weighted by Gasteiger charge is -2.41. The molecule has 0 unspecified atom stereocenters. The third-order valence-corrected chi connectivity index (χ3v) is 10.8. The maximum absolute atomic E-state index is 13.4. The smallest absolute Gasteiger partial charge is 0.409 e. The van der Waals surface area contributed by atoms with Gasteiger partial charge in [0, 0.05) is 36.1 Å². The molecular weight excluding hydrogens is 559 g/mol. The number of esters is 2. The van der Waals surface area contributed by atoms with Crippen LogP contribution in [0.3, 0.4) is 0 Å². The summed E-state index contributed by atoms with van der Waals surface area (Å²) >= 11 is 0. The molecule has 0 radical (unpaired) electrons. The summed E-state index contributed by atoms with van der Waals surface area (Å²) < 4.78 is 10.5. The lowest BCUT2D eigenvalue weighted by molar-refractivity contribution is -0.168. The molecule has 7 rings (SSSR count). The molecule has 230 valence electrons. The van der Waals surface area contributed by atoms with E-state index in [9.17, 15) is 9.59 Å². The van der Waals surface area contributed by atoms with E-state index in [1.54, 1.807) is 0 Å². The van der Waals surface area contributed by atoms with Gasteiger partial charge in [-0.15, -0.1) is 0 Å². The predicted molar refractivity (Wildman–Crippen MR) is 181 cm³/mol. The Hall–Kier alpha value is -4.26. The number of benzene rings is 4.